The van der Waals surface area contributed by atoms with Crippen molar-refractivity contribution in [1.82, 2.24) is 5.32 Å². The first-order valence-electron chi connectivity index (χ1n) is 4.31. The molecule has 0 saturated heterocycles. The van der Waals surface area contributed by atoms with Crippen LogP contribution in [-0.4, -0.2) is 13.0 Å². The van der Waals surface area contributed by atoms with E-state index in [1.54, 1.807) is 12.1 Å². The molecule has 82 valence electrons. The molecular weight excluding hydrogens is 237 g/mol. The molecular formula is C10H11Cl2NO2. The van der Waals surface area contributed by atoms with Crippen LogP contribution in [0.4, 0.5) is 0 Å². The van der Waals surface area contributed by atoms with Crippen molar-refractivity contribution < 1.29 is 9.53 Å². The Hall–Kier alpha value is -0.930. The quantitative estimate of drug-likeness (QED) is 0.892. The van der Waals surface area contributed by atoms with Crippen LogP contribution in [0.25, 0.3) is 0 Å². The second-order valence-corrected chi connectivity index (χ2v) is 3.80. The van der Waals surface area contributed by atoms with Gasteiger partial charge in [-0.2, -0.15) is 0 Å². The molecule has 0 atom stereocenters. The van der Waals surface area contributed by atoms with Crippen molar-refractivity contribution in [1.29, 1.82) is 0 Å². The Morgan fingerprint density at radius 2 is 2.07 bits per heavy atom. The Bertz CT molecular complexity index is 380. The predicted molar refractivity (Wildman–Crippen MR) is 60.5 cm³/mol. The molecule has 0 fully saturated rings. The van der Waals surface area contributed by atoms with E-state index >= 15 is 0 Å². The van der Waals surface area contributed by atoms with Gasteiger partial charge in [0.1, 0.15) is 5.75 Å². The zero-order valence-electron chi connectivity index (χ0n) is 8.43. The topological polar surface area (TPSA) is 38.3 Å². The van der Waals surface area contributed by atoms with Gasteiger partial charge in [-0.05, 0) is 11.6 Å². The van der Waals surface area contributed by atoms with Gasteiger partial charge in [-0.1, -0.05) is 23.2 Å². The van der Waals surface area contributed by atoms with Gasteiger partial charge in [0.25, 0.3) is 0 Å². The van der Waals surface area contributed by atoms with Gasteiger partial charge in [0.2, 0.25) is 5.91 Å². The standard InChI is InChI=1S/C10H11Cl2NO2/c1-6(14)13-5-7-3-9(12)10(15-2)4-8(7)11/h3-4H,5H2,1-2H3,(H,13,14). The molecule has 0 bridgehead atoms. The Kier molecular flexibility index (Phi) is 4.24. The highest BCUT2D eigenvalue weighted by molar-refractivity contribution is 6.34. The molecule has 0 unspecified atom stereocenters. The smallest absolute Gasteiger partial charge is 0.217 e. The number of rotatable bonds is 3. The second-order valence-electron chi connectivity index (χ2n) is 2.99. The van der Waals surface area contributed by atoms with Crippen molar-refractivity contribution in [3.63, 3.8) is 0 Å². The minimum Gasteiger partial charge on any atom is -0.495 e. The minimum atomic E-state index is -0.113. The third-order valence-electron chi connectivity index (χ3n) is 1.85. The zero-order chi connectivity index (χ0) is 11.4. The molecule has 0 aliphatic rings. The number of benzene rings is 1. The van der Waals surface area contributed by atoms with E-state index < -0.39 is 0 Å². The van der Waals surface area contributed by atoms with Crippen molar-refractivity contribution in [3.05, 3.63) is 27.7 Å². The van der Waals surface area contributed by atoms with Gasteiger partial charge in [-0.25, -0.2) is 0 Å². The normalized spacial score (nSPS) is 9.87. The molecule has 1 N–H and O–H groups in total. The van der Waals surface area contributed by atoms with E-state index in [2.05, 4.69) is 5.32 Å². The summed E-state index contributed by atoms with van der Waals surface area (Å²) < 4.78 is 5.00. The maximum atomic E-state index is 10.7. The van der Waals surface area contributed by atoms with Crippen molar-refractivity contribution in [2.75, 3.05) is 7.11 Å². The van der Waals surface area contributed by atoms with Crippen LogP contribution in [0.3, 0.4) is 0 Å². The highest BCUT2D eigenvalue weighted by atomic mass is 35.5. The highest BCUT2D eigenvalue weighted by Crippen LogP contribution is 2.30. The van der Waals surface area contributed by atoms with Crippen molar-refractivity contribution >= 4 is 29.1 Å². The summed E-state index contributed by atoms with van der Waals surface area (Å²) in [5, 5.41) is 3.64. The van der Waals surface area contributed by atoms with E-state index in [9.17, 15) is 4.79 Å². The zero-order valence-corrected chi connectivity index (χ0v) is 9.95. The molecule has 0 aliphatic heterocycles. The van der Waals surface area contributed by atoms with E-state index in [1.807, 2.05) is 0 Å². The average molecular weight is 248 g/mol. The van der Waals surface area contributed by atoms with Gasteiger partial charge < -0.3 is 10.1 Å². The fourth-order valence-electron chi connectivity index (χ4n) is 1.08. The molecule has 3 nitrogen and oxygen atoms in total. The van der Waals surface area contributed by atoms with Crippen molar-refractivity contribution in [3.8, 4) is 5.75 Å². The van der Waals surface area contributed by atoms with Crippen LogP contribution in [0.2, 0.25) is 10.0 Å². The first-order valence-corrected chi connectivity index (χ1v) is 5.06. The third-order valence-corrected chi connectivity index (χ3v) is 2.50. The molecule has 0 aromatic heterocycles. The van der Waals surface area contributed by atoms with Crippen LogP contribution < -0.4 is 10.1 Å². The number of amides is 1. The molecule has 1 amide bonds. The molecule has 5 heteroatoms. The minimum absolute atomic E-state index is 0.113. The lowest BCUT2D eigenvalue weighted by Crippen LogP contribution is -2.19. The maximum Gasteiger partial charge on any atom is 0.217 e. The number of nitrogens with one attached hydrogen (secondary N) is 1. The van der Waals surface area contributed by atoms with Gasteiger partial charge in [0.05, 0.1) is 12.1 Å². The molecule has 0 saturated carbocycles. The molecule has 1 aromatic carbocycles. The predicted octanol–water partition coefficient (Wildman–Crippen LogP) is 2.64. The van der Waals surface area contributed by atoms with Gasteiger partial charge in [0.15, 0.2) is 0 Å². The summed E-state index contributed by atoms with van der Waals surface area (Å²) >= 11 is 11.9. The molecule has 0 radical (unpaired) electrons. The maximum absolute atomic E-state index is 10.7. The summed E-state index contributed by atoms with van der Waals surface area (Å²) in [4.78, 5) is 10.7. The Balaban J connectivity index is 2.90. The lowest BCUT2D eigenvalue weighted by atomic mass is 10.2. The number of carbonyl (C=O) groups is 1. The van der Waals surface area contributed by atoms with Crippen molar-refractivity contribution in [2.45, 2.75) is 13.5 Å². The lowest BCUT2D eigenvalue weighted by Gasteiger charge is -2.09. The number of hydrogen-bond donors (Lipinski definition) is 1. The van der Waals surface area contributed by atoms with Crippen LogP contribution in [-0.2, 0) is 11.3 Å². The summed E-state index contributed by atoms with van der Waals surface area (Å²) in [6.07, 6.45) is 0. The van der Waals surface area contributed by atoms with Gasteiger partial charge in [0, 0.05) is 24.6 Å². The summed E-state index contributed by atoms with van der Waals surface area (Å²) in [6.45, 7) is 1.80. The van der Waals surface area contributed by atoms with Crippen LogP contribution in [0.5, 0.6) is 5.75 Å². The summed E-state index contributed by atoms with van der Waals surface area (Å²) in [7, 11) is 1.52. The van der Waals surface area contributed by atoms with Gasteiger partial charge in [-0.15, -0.1) is 0 Å². The number of halogens is 2. The summed E-state index contributed by atoms with van der Waals surface area (Å²) in [6, 6.07) is 3.31. The van der Waals surface area contributed by atoms with E-state index in [4.69, 9.17) is 27.9 Å². The largest absolute Gasteiger partial charge is 0.495 e. The molecule has 1 aromatic rings. The number of methoxy groups -OCH3 is 1. The van der Waals surface area contributed by atoms with Crippen LogP contribution in [0.15, 0.2) is 12.1 Å². The molecule has 0 heterocycles. The van der Waals surface area contributed by atoms with Crippen molar-refractivity contribution in [2.24, 2.45) is 0 Å². The van der Waals surface area contributed by atoms with E-state index in [0.29, 0.717) is 22.3 Å². The van der Waals surface area contributed by atoms with Gasteiger partial charge in [-0.3, -0.25) is 4.79 Å². The van der Waals surface area contributed by atoms with Crippen LogP contribution in [0.1, 0.15) is 12.5 Å². The molecule has 1 rings (SSSR count). The first kappa shape index (κ1) is 12.1. The molecule has 0 aliphatic carbocycles. The number of hydrogen-bond acceptors (Lipinski definition) is 2. The first-order chi connectivity index (χ1) is 7.04. The van der Waals surface area contributed by atoms with Crippen LogP contribution >= 0.6 is 23.2 Å². The Morgan fingerprint density at radius 3 is 2.60 bits per heavy atom. The van der Waals surface area contributed by atoms with E-state index in [-0.39, 0.29) is 5.91 Å². The lowest BCUT2D eigenvalue weighted by molar-refractivity contribution is -0.119. The monoisotopic (exact) mass is 247 g/mol. The highest BCUT2D eigenvalue weighted by Gasteiger charge is 2.07. The molecule has 15 heavy (non-hydrogen) atoms. The van der Waals surface area contributed by atoms with Gasteiger partial charge >= 0.3 is 0 Å². The summed E-state index contributed by atoms with van der Waals surface area (Å²) in [5.41, 5.74) is 0.762. The third kappa shape index (κ3) is 3.29. The Morgan fingerprint density at radius 1 is 1.40 bits per heavy atom. The Labute approximate surface area is 98.3 Å². The SMILES string of the molecule is COc1cc(Cl)c(CNC(C)=O)cc1Cl. The second kappa shape index (κ2) is 5.24. The fourth-order valence-corrected chi connectivity index (χ4v) is 1.57. The average Bonchev–Trinajstić information content (AvgIpc) is 2.18. The fraction of sp³-hybridized carbons (Fsp3) is 0.300. The van der Waals surface area contributed by atoms with E-state index in [1.165, 1.54) is 14.0 Å². The molecule has 0 spiro atoms. The number of carbonyl (C=O) groups excluding carboxylic acids is 1. The van der Waals surface area contributed by atoms with E-state index in [0.717, 1.165) is 5.56 Å². The van der Waals surface area contributed by atoms with Crippen LogP contribution in [0, 0.1) is 0 Å². The number of ether oxygens (including phenoxy) is 1. The summed E-state index contributed by atoms with van der Waals surface area (Å²) in [5.74, 6) is 0.409.